The Morgan fingerprint density at radius 2 is 1.62 bits per heavy atom. The summed E-state index contributed by atoms with van der Waals surface area (Å²) in [5.74, 6) is -3.18. The number of ketones is 1. The molecule has 0 aromatic carbocycles. The molecular formula is C20H27NO5. The number of ether oxygens (including phenoxy) is 2. The van der Waals surface area contributed by atoms with Crippen molar-refractivity contribution < 1.29 is 23.9 Å². The summed E-state index contributed by atoms with van der Waals surface area (Å²) in [5, 5.41) is 0. The Hall–Kier alpha value is -2.11. The van der Waals surface area contributed by atoms with Crippen LogP contribution in [-0.2, 0) is 29.4 Å². The number of hydrogen-bond acceptors (Lipinski definition) is 5. The van der Waals surface area contributed by atoms with Gasteiger partial charge in [-0.2, -0.15) is 0 Å². The third kappa shape index (κ3) is 3.06. The van der Waals surface area contributed by atoms with E-state index in [0.29, 0.717) is 18.8 Å². The Bertz CT molecular complexity index is 664. The van der Waals surface area contributed by atoms with E-state index in [1.54, 1.807) is 0 Å². The standard InChI is InChI=1S/C20H27NO5/c1-25-18(23)16(19(24)26-2)17(22)20(11-5-6-12-20)21-13-7-10-15(21)14-8-3-4-9-14/h7,10,13-14,16H,3-6,8-9,11-12H2,1-2H3. The summed E-state index contributed by atoms with van der Waals surface area (Å²) in [6.07, 6.45) is 9.61. The number of carbonyl (C=O) groups is 3. The third-order valence-corrected chi connectivity index (χ3v) is 6.04. The molecule has 0 N–H and O–H groups in total. The Kier molecular flexibility index (Phi) is 5.49. The second-order valence-electron chi connectivity index (χ2n) is 7.37. The van der Waals surface area contributed by atoms with E-state index in [1.807, 2.05) is 12.3 Å². The SMILES string of the molecule is COC(=O)C(C(=O)OC)C(=O)C1(n2cccc2C2CCCC2)CCCC1. The fourth-order valence-corrected chi connectivity index (χ4v) is 4.72. The molecule has 0 unspecified atom stereocenters. The molecule has 2 aliphatic rings. The van der Waals surface area contributed by atoms with Gasteiger partial charge in [0.25, 0.3) is 0 Å². The van der Waals surface area contributed by atoms with Gasteiger partial charge >= 0.3 is 11.9 Å². The van der Waals surface area contributed by atoms with Crippen molar-refractivity contribution in [3.8, 4) is 0 Å². The zero-order chi connectivity index (χ0) is 18.7. The first kappa shape index (κ1) is 18.7. The molecule has 0 spiro atoms. The fourth-order valence-electron chi connectivity index (χ4n) is 4.72. The van der Waals surface area contributed by atoms with Crippen LogP contribution in [0.2, 0.25) is 0 Å². The zero-order valence-electron chi connectivity index (χ0n) is 15.5. The minimum absolute atomic E-state index is 0.399. The van der Waals surface area contributed by atoms with Crippen molar-refractivity contribution in [1.82, 2.24) is 4.57 Å². The normalized spacial score (nSPS) is 19.7. The number of nitrogens with zero attached hydrogens (tertiary/aromatic N) is 1. The quantitative estimate of drug-likeness (QED) is 0.575. The lowest BCUT2D eigenvalue weighted by Gasteiger charge is -2.34. The molecule has 26 heavy (non-hydrogen) atoms. The molecule has 2 fully saturated rings. The number of aromatic nitrogens is 1. The number of rotatable bonds is 6. The highest BCUT2D eigenvalue weighted by Gasteiger charge is 2.51. The van der Waals surface area contributed by atoms with Crippen LogP contribution in [0.3, 0.4) is 0 Å². The summed E-state index contributed by atoms with van der Waals surface area (Å²) in [5.41, 5.74) is 0.278. The summed E-state index contributed by atoms with van der Waals surface area (Å²) in [6.45, 7) is 0. The van der Waals surface area contributed by atoms with Gasteiger partial charge in [0.1, 0.15) is 5.54 Å². The van der Waals surface area contributed by atoms with Crippen molar-refractivity contribution in [3.05, 3.63) is 24.0 Å². The topological polar surface area (TPSA) is 74.6 Å². The maximum absolute atomic E-state index is 13.5. The van der Waals surface area contributed by atoms with E-state index in [9.17, 15) is 14.4 Å². The van der Waals surface area contributed by atoms with E-state index in [2.05, 4.69) is 10.6 Å². The van der Waals surface area contributed by atoms with Crippen LogP contribution < -0.4 is 0 Å². The molecule has 3 rings (SSSR count). The molecule has 0 bridgehead atoms. The van der Waals surface area contributed by atoms with Gasteiger partial charge in [-0.15, -0.1) is 0 Å². The maximum atomic E-state index is 13.5. The molecule has 0 aliphatic heterocycles. The Morgan fingerprint density at radius 3 is 2.15 bits per heavy atom. The number of Topliss-reactive ketones (excluding diaryl/α,β-unsaturated/α-hetero) is 1. The van der Waals surface area contributed by atoms with Crippen molar-refractivity contribution in [3.63, 3.8) is 0 Å². The minimum Gasteiger partial charge on any atom is -0.468 e. The Balaban J connectivity index is 2.03. The van der Waals surface area contributed by atoms with Gasteiger partial charge in [0.05, 0.1) is 14.2 Å². The lowest BCUT2D eigenvalue weighted by molar-refractivity contribution is -0.163. The second kappa shape index (κ2) is 7.64. The third-order valence-electron chi connectivity index (χ3n) is 6.04. The van der Waals surface area contributed by atoms with E-state index in [-0.39, 0.29) is 0 Å². The van der Waals surface area contributed by atoms with Crippen molar-refractivity contribution in [2.45, 2.75) is 62.8 Å². The van der Waals surface area contributed by atoms with Crippen molar-refractivity contribution >= 4 is 17.7 Å². The molecule has 0 atom stereocenters. The van der Waals surface area contributed by atoms with E-state index in [4.69, 9.17) is 9.47 Å². The molecule has 6 heteroatoms. The summed E-state index contributed by atoms with van der Waals surface area (Å²) in [4.78, 5) is 37.9. The minimum atomic E-state index is -1.53. The van der Waals surface area contributed by atoms with Crippen LogP contribution in [0.15, 0.2) is 18.3 Å². The molecule has 1 aromatic rings. The fraction of sp³-hybridized carbons (Fsp3) is 0.650. The van der Waals surface area contributed by atoms with Crippen molar-refractivity contribution in [2.24, 2.45) is 5.92 Å². The number of esters is 2. The molecule has 1 aromatic heterocycles. The first-order valence-corrected chi connectivity index (χ1v) is 9.43. The first-order valence-electron chi connectivity index (χ1n) is 9.43. The highest BCUT2D eigenvalue weighted by molar-refractivity contribution is 6.17. The number of carbonyl (C=O) groups excluding carboxylic acids is 3. The van der Waals surface area contributed by atoms with Gasteiger partial charge in [-0.3, -0.25) is 14.4 Å². The van der Waals surface area contributed by atoms with Gasteiger partial charge in [-0.25, -0.2) is 0 Å². The summed E-state index contributed by atoms with van der Waals surface area (Å²) < 4.78 is 11.5. The summed E-state index contributed by atoms with van der Waals surface area (Å²) in [6, 6.07) is 4.04. The number of methoxy groups -OCH3 is 2. The van der Waals surface area contributed by atoms with Crippen LogP contribution in [0, 0.1) is 5.92 Å². The van der Waals surface area contributed by atoms with E-state index >= 15 is 0 Å². The van der Waals surface area contributed by atoms with E-state index in [0.717, 1.165) is 31.4 Å². The molecule has 2 aliphatic carbocycles. The molecule has 0 saturated heterocycles. The lowest BCUT2D eigenvalue weighted by Crippen LogP contribution is -2.49. The second-order valence-corrected chi connectivity index (χ2v) is 7.37. The highest BCUT2D eigenvalue weighted by atomic mass is 16.5. The van der Waals surface area contributed by atoms with Gasteiger partial charge < -0.3 is 14.0 Å². The first-order chi connectivity index (χ1) is 12.5. The summed E-state index contributed by atoms with van der Waals surface area (Å²) >= 11 is 0. The monoisotopic (exact) mass is 361 g/mol. The average molecular weight is 361 g/mol. The molecule has 2 saturated carbocycles. The average Bonchev–Trinajstić information content (AvgIpc) is 3.41. The molecule has 0 radical (unpaired) electrons. The summed E-state index contributed by atoms with van der Waals surface area (Å²) in [7, 11) is 2.37. The molecule has 0 amide bonds. The predicted octanol–water partition coefficient (Wildman–Crippen LogP) is 2.95. The zero-order valence-corrected chi connectivity index (χ0v) is 15.5. The van der Waals surface area contributed by atoms with Crippen molar-refractivity contribution in [2.75, 3.05) is 14.2 Å². The lowest BCUT2D eigenvalue weighted by atomic mass is 9.83. The smallest absolute Gasteiger partial charge is 0.327 e. The number of hydrogen-bond donors (Lipinski definition) is 0. The molecule has 142 valence electrons. The van der Waals surface area contributed by atoms with Crippen molar-refractivity contribution in [1.29, 1.82) is 0 Å². The molecule has 1 heterocycles. The van der Waals surface area contributed by atoms with Crippen LogP contribution >= 0.6 is 0 Å². The van der Waals surface area contributed by atoms with Crippen LogP contribution in [0.4, 0.5) is 0 Å². The Morgan fingerprint density at radius 1 is 1.04 bits per heavy atom. The molecular weight excluding hydrogens is 334 g/mol. The van der Waals surface area contributed by atoms with Gasteiger partial charge in [0.2, 0.25) is 5.92 Å². The Labute approximate surface area is 153 Å². The largest absolute Gasteiger partial charge is 0.468 e. The molecule has 6 nitrogen and oxygen atoms in total. The van der Waals surface area contributed by atoms with Crippen LogP contribution in [0.25, 0.3) is 0 Å². The predicted molar refractivity (Wildman–Crippen MR) is 94.6 cm³/mol. The van der Waals surface area contributed by atoms with Gasteiger partial charge in [-0.05, 0) is 43.7 Å². The highest BCUT2D eigenvalue weighted by Crippen LogP contribution is 2.44. The van der Waals surface area contributed by atoms with Gasteiger partial charge in [0.15, 0.2) is 5.78 Å². The van der Waals surface area contributed by atoms with E-state index in [1.165, 1.54) is 27.1 Å². The van der Waals surface area contributed by atoms with Crippen LogP contribution in [0.5, 0.6) is 0 Å². The van der Waals surface area contributed by atoms with Gasteiger partial charge in [-0.1, -0.05) is 25.7 Å². The van der Waals surface area contributed by atoms with Crippen LogP contribution in [0.1, 0.15) is 63.0 Å². The van der Waals surface area contributed by atoms with Gasteiger partial charge in [0, 0.05) is 11.9 Å². The van der Waals surface area contributed by atoms with Crippen LogP contribution in [-0.4, -0.2) is 36.5 Å². The maximum Gasteiger partial charge on any atom is 0.327 e. The van der Waals surface area contributed by atoms with E-state index < -0.39 is 29.2 Å².